The third-order valence-corrected chi connectivity index (χ3v) is 4.50. The second-order valence-corrected chi connectivity index (χ2v) is 6.17. The van der Waals surface area contributed by atoms with Crippen LogP contribution in [-0.2, 0) is 9.53 Å². The summed E-state index contributed by atoms with van der Waals surface area (Å²) in [6.07, 6.45) is 2.48. The molecule has 142 valence electrons. The molecule has 1 aromatic heterocycles. The summed E-state index contributed by atoms with van der Waals surface area (Å²) in [5.41, 5.74) is 2.90. The predicted octanol–water partition coefficient (Wildman–Crippen LogP) is 2.89. The molecule has 0 radical (unpaired) electrons. The number of methoxy groups -OCH3 is 2. The lowest BCUT2D eigenvalue weighted by Crippen LogP contribution is -2.15. The first-order valence-electron chi connectivity index (χ1n) is 8.57. The van der Waals surface area contributed by atoms with Crippen LogP contribution in [0.15, 0.2) is 42.7 Å². The van der Waals surface area contributed by atoms with Crippen molar-refractivity contribution in [1.29, 1.82) is 0 Å². The van der Waals surface area contributed by atoms with Crippen molar-refractivity contribution in [3.63, 3.8) is 0 Å². The summed E-state index contributed by atoms with van der Waals surface area (Å²) in [7, 11) is 2.94. The molecule has 8 nitrogen and oxygen atoms in total. The zero-order chi connectivity index (χ0) is 19.7. The molecule has 1 amide bonds. The number of hydrogen-bond acceptors (Lipinski definition) is 7. The summed E-state index contributed by atoms with van der Waals surface area (Å²) in [6, 6.07) is 8.66. The highest BCUT2D eigenvalue weighted by Gasteiger charge is 2.36. The van der Waals surface area contributed by atoms with Crippen molar-refractivity contribution in [1.82, 2.24) is 9.97 Å². The van der Waals surface area contributed by atoms with Gasteiger partial charge in [0, 0.05) is 23.6 Å². The van der Waals surface area contributed by atoms with Crippen molar-refractivity contribution in [2.24, 2.45) is 0 Å². The van der Waals surface area contributed by atoms with Crippen molar-refractivity contribution < 1.29 is 23.8 Å². The van der Waals surface area contributed by atoms with Crippen LogP contribution in [0.25, 0.3) is 11.0 Å². The molecular formula is C20H17N3O5. The standard InChI is InChI=1S/C20H17N3O5/c1-26-15-6-4-12-16(28-20(25)18(12)19(15)27-2)10-17(24)23-11-3-5-13-14(9-11)22-8-7-21-13/h3-9,16H,10H2,1-2H3,(H,23,24)/t16-/m0/s1. The third-order valence-electron chi connectivity index (χ3n) is 4.50. The lowest BCUT2D eigenvalue weighted by atomic mass is 10.0. The van der Waals surface area contributed by atoms with Crippen LogP contribution >= 0.6 is 0 Å². The number of rotatable bonds is 5. The second kappa shape index (κ2) is 7.15. The van der Waals surface area contributed by atoms with Gasteiger partial charge in [0.1, 0.15) is 11.7 Å². The molecule has 2 heterocycles. The molecule has 4 rings (SSSR count). The number of aromatic nitrogens is 2. The van der Waals surface area contributed by atoms with Crippen LogP contribution in [0.1, 0.15) is 28.4 Å². The maximum Gasteiger partial charge on any atom is 0.343 e. The number of anilines is 1. The van der Waals surface area contributed by atoms with Crippen LogP contribution in [0.2, 0.25) is 0 Å². The molecule has 0 aliphatic carbocycles. The van der Waals surface area contributed by atoms with E-state index in [1.54, 1.807) is 42.7 Å². The highest BCUT2D eigenvalue weighted by Crippen LogP contribution is 2.43. The number of fused-ring (bicyclic) bond motifs is 2. The zero-order valence-corrected chi connectivity index (χ0v) is 15.3. The van der Waals surface area contributed by atoms with Gasteiger partial charge in [-0.1, -0.05) is 6.07 Å². The van der Waals surface area contributed by atoms with E-state index in [1.165, 1.54) is 14.2 Å². The molecule has 0 saturated heterocycles. The quantitative estimate of drug-likeness (QED) is 0.681. The number of nitrogens with zero attached hydrogens (tertiary/aromatic N) is 2. The number of carbonyl (C=O) groups excluding carboxylic acids is 2. The summed E-state index contributed by atoms with van der Waals surface area (Å²) in [4.78, 5) is 33.2. The van der Waals surface area contributed by atoms with Crippen molar-refractivity contribution in [2.75, 3.05) is 19.5 Å². The third kappa shape index (κ3) is 3.09. The van der Waals surface area contributed by atoms with Crippen LogP contribution in [0.5, 0.6) is 11.5 Å². The minimum atomic E-state index is -0.692. The SMILES string of the molecule is COc1ccc2c(c1OC)C(=O)O[C@H]2CC(=O)Nc1ccc2nccnc2c1. The monoisotopic (exact) mass is 379 g/mol. The number of hydrogen-bond donors (Lipinski definition) is 1. The number of cyclic esters (lactones) is 1. The maximum absolute atomic E-state index is 12.5. The molecule has 0 spiro atoms. The van der Waals surface area contributed by atoms with Gasteiger partial charge in [0.2, 0.25) is 5.91 Å². The zero-order valence-electron chi connectivity index (χ0n) is 15.3. The van der Waals surface area contributed by atoms with E-state index in [-0.39, 0.29) is 12.3 Å². The van der Waals surface area contributed by atoms with Gasteiger partial charge >= 0.3 is 5.97 Å². The fourth-order valence-corrected chi connectivity index (χ4v) is 3.25. The lowest BCUT2D eigenvalue weighted by molar-refractivity contribution is -0.118. The molecule has 0 unspecified atom stereocenters. The van der Waals surface area contributed by atoms with Gasteiger partial charge in [-0.15, -0.1) is 0 Å². The first kappa shape index (κ1) is 17.7. The molecule has 28 heavy (non-hydrogen) atoms. The number of esters is 1. The first-order chi connectivity index (χ1) is 13.6. The Hall–Kier alpha value is -3.68. The molecule has 2 aromatic carbocycles. The summed E-state index contributed by atoms with van der Waals surface area (Å²) in [6.45, 7) is 0. The van der Waals surface area contributed by atoms with Crippen molar-refractivity contribution >= 4 is 28.6 Å². The number of nitrogens with one attached hydrogen (secondary N) is 1. The number of amides is 1. The van der Waals surface area contributed by atoms with E-state index in [9.17, 15) is 9.59 Å². The molecule has 0 bridgehead atoms. The van der Waals surface area contributed by atoms with Gasteiger partial charge < -0.3 is 19.5 Å². The van der Waals surface area contributed by atoms with E-state index >= 15 is 0 Å². The maximum atomic E-state index is 12.5. The van der Waals surface area contributed by atoms with Crippen LogP contribution in [0, 0.1) is 0 Å². The smallest absolute Gasteiger partial charge is 0.343 e. The first-order valence-corrected chi connectivity index (χ1v) is 8.57. The molecule has 1 aliphatic heterocycles. The van der Waals surface area contributed by atoms with Crippen molar-refractivity contribution in [3.05, 3.63) is 53.9 Å². The Balaban J connectivity index is 1.54. The average Bonchev–Trinajstić information content (AvgIpc) is 3.02. The normalized spacial score (nSPS) is 15.1. The van der Waals surface area contributed by atoms with Gasteiger partial charge in [-0.3, -0.25) is 14.8 Å². The fraction of sp³-hybridized carbons (Fsp3) is 0.200. The summed E-state index contributed by atoms with van der Waals surface area (Å²) < 4.78 is 15.9. The van der Waals surface area contributed by atoms with E-state index < -0.39 is 12.1 Å². The van der Waals surface area contributed by atoms with E-state index in [1.807, 2.05) is 0 Å². The van der Waals surface area contributed by atoms with Crippen molar-refractivity contribution in [3.8, 4) is 11.5 Å². The Morgan fingerprint density at radius 3 is 2.64 bits per heavy atom. The minimum absolute atomic E-state index is 0.0211. The Kier molecular flexibility index (Phi) is 4.52. The number of carbonyl (C=O) groups is 2. The van der Waals surface area contributed by atoms with Gasteiger partial charge in [-0.2, -0.15) is 0 Å². The molecule has 3 aromatic rings. The highest BCUT2D eigenvalue weighted by molar-refractivity contribution is 5.99. The molecule has 1 aliphatic rings. The largest absolute Gasteiger partial charge is 0.493 e. The van der Waals surface area contributed by atoms with E-state index in [4.69, 9.17) is 14.2 Å². The lowest BCUT2D eigenvalue weighted by Gasteiger charge is -2.12. The van der Waals surface area contributed by atoms with E-state index in [2.05, 4.69) is 15.3 Å². The van der Waals surface area contributed by atoms with Crippen LogP contribution < -0.4 is 14.8 Å². The molecule has 1 N–H and O–H groups in total. The van der Waals surface area contributed by atoms with Crippen molar-refractivity contribution in [2.45, 2.75) is 12.5 Å². The van der Waals surface area contributed by atoms with Gasteiger partial charge in [0.05, 0.1) is 31.7 Å². The molecule has 1 atom stereocenters. The average molecular weight is 379 g/mol. The fourth-order valence-electron chi connectivity index (χ4n) is 3.25. The molecular weight excluding hydrogens is 362 g/mol. The Bertz CT molecular complexity index is 1080. The highest BCUT2D eigenvalue weighted by atomic mass is 16.6. The van der Waals surface area contributed by atoms with Gasteiger partial charge in [0.25, 0.3) is 0 Å². The number of benzene rings is 2. The number of ether oxygens (including phenoxy) is 3. The van der Waals surface area contributed by atoms with Crippen LogP contribution in [0.3, 0.4) is 0 Å². The Morgan fingerprint density at radius 1 is 1.11 bits per heavy atom. The molecule has 8 heteroatoms. The topological polar surface area (TPSA) is 99.6 Å². The second-order valence-electron chi connectivity index (χ2n) is 6.17. The summed E-state index contributed by atoms with van der Waals surface area (Å²) in [5.74, 6) is -0.0882. The Morgan fingerprint density at radius 2 is 1.89 bits per heavy atom. The molecule has 0 saturated carbocycles. The van der Waals surface area contributed by atoms with Gasteiger partial charge in [0.15, 0.2) is 11.5 Å². The van der Waals surface area contributed by atoms with Gasteiger partial charge in [-0.25, -0.2) is 4.79 Å². The summed E-state index contributed by atoms with van der Waals surface area (Å²) in [5, 5.41) is 2.80. The van der Waals surface area contributed by atoms with E-state index in [0.29, 0.717) is 33.8 Å². The summed E-state index contributed by atoms with van der Waals surface area (Å²) >= 11 is 0. The predicted molar refractivity (Wildman–Crippen MR) is 100 cm³/mol. The van der Waals surface area contributed by atoms with E-state index in [0.717, 1.165) is 5.52 Å². The Labute approximate surface area is 160 Å². The molecule has 0 fully saturated rings. The minimum Gasteiger partial charge on any atom is -0.493 e. The van der Waals surface area contributed by atoms with Gasteiger partial charge in [-0.05, 0) is 24.3 Å². The van der Waals surface area contributed by atoms with Crippen LogP contribution in [-0.4, -0.2) is 36.1 Å². The van der Waals surface area contributed by atoms with Crippen LogP contribution in [0.4, 0.5) is 5.69 Å².